The second-order valence-corrected chi connectivity index (χ2v) is 6.77. The van der Waals surface area contributed by atoms with Crippen LogP contribution in [0.15, 0.2) is 48.5 Å². The predicted molar refractivity (Wildman–Crippen MR) is 103 cm³/mol. The molecule has 0 N–H and O–H groups in total. The molecule has 0 aliphatic carbocycles. The van der Waals surface area contributed by atoms with Crippen molar-refractivity contribution in [2.45, 2.75) is 6.92 Å². The first kappa shape index (κ1) is 19.8. The Kier molecular flexibility index (Phi) is 5.94. The summed E-state index contributed by atoms with van der Waals surface area (Å²) in [5.74, 6) is -1.80. The van der Waals surface area contributed by atoms with Gasteiger partial charge in [-0.05, 0) is 43.3 Å². The van der Waals surface area contributed by atoms with E-state index in [0.717, 1.165) is 0 Å². The Hall–Kier alpha value is -2.93. The van der Waals surface area contributed by atoms with E-state index in [0.29, 0.717) is 10.7 Å². The van der Waals surface area contributed by atoms with Gasteiger partial charge in [0.05, 0.1) is 5.56 Å². The van der Waals surface area contributed by atoms with Crippen LogP contribution in [0, 0.1) is 5.82 Å². The number of nitrogens with zero attached hydrogens (tertiary/aromatic N) is 3. The van der Waals surface area contributed by atoms with E-state index in [1.807, 2.05) is 0 Å². The highest BCUT2D eigenvalue weighted by molar-refractivity contribution is 6.30. The third kappa shape index (κ3) is 4.14. The van der Waals surface area contributed by atoms with Gasteiger partial charge in [0.25, 0.3) is 5.91 Å². The van der Waals surface area contributed by atoms with Crippen LogP contribution in [0.3, 0.4) is 0 Å². The first-order chi connectivity index (χ1) is 13.4. The van der Waals surface area contributed by atoms with Crippen LogP contribution < -0.4 is 4.90 Å². The molecule has 1 aliphatic heterocycles. The minimum absolute atomic E-state index is 0.0765. The van der Waals surface area contributed by atoms with Crippen molar-refractivity contribution >= 4 is 35.0 Å². The van der Waals surface area contributed by atoms with Crippen LogP contribution in [0.1, 0.15) is 17.3 Å². The summed E-state index contributed by atoms with van der Waals surface area (Å²) in [5, 5.41) is 0.550. The highest BCUT2D eigenvalue weighted by Crippen LogP contribution is 2.22. The highest BCUT2D eigenvalue weighted by Gasteiger charge is 2.33. The van der Waals surface area contributed by atoms with Crippen LogP contribution >= 0.6 is 11.6 Å². The zero-order valence-electron chi connectivity index (χ0n) is 15.3. The molecular weight excluding hydrogens is 385 g/mol. The van der Waals surface area contributed by atoms with Crippen LogP contribution in [-0.2, 0) is 9.59 Å². The van der Waals surface area contributed by atoms with Crippen molar-refractivity contribution in [2.75, 3.05) is 31.2 Å². The zero-order valence-corrected chi connectivity index (χ0v) is 16.0. The van der Waals surface area contributed by atoms with Crippen molar-refractivity contribution in [3.05, 3.63) is 64.9 Å². The number of benzene rings is 2. The molecule has 0 unspecified atom stereocenters. The molecule has 0 radical (unpaired) electrons. The lowest BCUT2D eigenvalue weighted by molar-refractivity contribution is -0.132. The molecule has 1 aliphatic rings. The number of anilines is 1. The molecule has 0 bridgehead atoms. The molecule has 3 rings (SSSR count). The Labute approximate surface area is 167 Å². The Bertz CT molecular complexity index is 904. The largest absolute Gasteiger partial charge is 0.330 e. The van der Waals surface area contributed by atoms with E-state index in [2.05, 4.69) is 0 Å². The molecule has 0 aromatic heterocycles. The number of likely N-dealkylation sites (N-methyl/N-ethyl adjacent to an activating group) is 1. The average Bonchev–Trinajstić information content (AvgIpc) is 3.08. The lowest BCUT2D eigenvalue weighted by atomic mass is 10.2. The summed E-state index contributed by atoms with van der Waals surface area (Å²) in [6.07, 6.45) is 0. The zero-order chi connectivity index (χ0) is 20.3. The van der Waals surface area contributed by atoms with Crippen LogP contribution in [0.2, 0.25) is 5.02 Å². The molecule has 6 nitrogen and oxygen atoms in total. The van der Waals surface area contributed by atoms with Crippen molar-refractivity contribution in [2.24, 2.45) is 0 Å². The molecule has 0 saturated carbocycles. The molecule has 8 heteroatoms. The van der Waals surface area contributed by atoms with Crippen molar-refractivity contribution in [1.29, 1.82) is 0 Å². The predicted octanol–water partition coefficient (Wildman–Crippen LogP) is 2.77. The topological polar surface area (TPSA) is 60.9 Å². The van der Waals surface area contributed by atoms with Gasteiger partial charge in [0.1, 0.15) is 25.6 Å². The number of carbonyl (C=O) groups excluding carboxylic acids is 3. The second kappa shape index (κ2) is 8.39. The molecule has 1 heterocycles. The Morgan fingerprint density at radius 1 is 1.14 bits per heavy atom. The fourth-order valence-electron chi connectivity index (χ4n) is 2.96. The molecule has 2 aromatic carbocycles. The number of halogens is 2. The van der Waals surface area contributed by atoms with Gasteiger partial charge >= 0.3 is 0 Å². The molecule has 146 valence electrons. The van der Waals surface area contributed by atoms with E-state index in [9.17, 15) is 18.8 Å². The van der Waals surface area contributed by atoms with E-state index in [-0.39, 0.29) is 43.7 Å². The van der Waals surface area contributed by atoms with Crippen LogP contribution in [0.4, 0.5) is 10.1 Å². The second-order valence-electron chi connectivity index (χ2n) is 6.33. The maximum Gasteiger partial charge on any atom is 0.257 e. The molecule has 2 aromatic rings. The van der Waals surface area contributed by atoms with Gasteiger partial charge in [-0.3, -0.25) is 19.3 Å². The standard InChI is InChI=1S/C20H19ClFN3O3/c1-2-23(20(28)16-5-3-4-6-17(16)22)11-18(26)24-12-19(27)25(13-24)15-9-7-14(21)8-10-15/h3-10H,2,11-13H2,1H3. The van der Waals surface area contributed by atoms with Crippen molar-refractivity contribution in [3.63, 3.8) is 0 Å². The highest BCUT2D eigenvalue weighted by atomic mass is 35.5. The fraction of sp³-hybridized carbons (Fsp3) is 0.250. The summed E-state index contributed by atoms with van der Waals surface area (Å²) in [5.41, 5.74) is 0.553. The summed E-state index contributed by atoms with van der Waals surface area (Å²) in [6.45, 7) is 1.73. The van der Waals surface area contributed by atoms with Crippen LogP contribution in [0.25, 0.3) is 0 Å². The Morgan fingerprint density at radius 3 is 2.46 bits per heavy atom. The van der Waals surface area contributed by atoms with E-state index in [1.165, 1.54) is 32.9 Å². The Morgan fingerprint density at radius 2 is 1.82 bits per heavy atom. The molecule has 0 atom stereocenters. The average molecular weight is 404 g/mol. The summed E-state index contributed by atoms with van der Waals surface area (Å²) in [6, 6.07) is 12.4. The number of carbonyl (C=O) groups is 3. The minimum atomic E-state index is -0.635. The number of hydrogen-bond donors (Lipinski definition) is 0. The SMILES string of the molecule is CCN(CC(=O)N1CC(=O)N(c2ccc(Cl)cc2)C1)C(=O)c1ccccc1F. The van der Waals surface area contributed by atoms with E-state index in [1.54, 1.807) is 37.3 Å². The van der Waals surface area contributed by atoms with Gasteiger partial charge in [-0.15, -0.1) is 0 Å². The van der Waals surface area contributed by atoms with Crippen LogP contribution in [-0.4, -0.2) is 53.8 Å². The Balaban J connectivity index is 1.68. The molecule has 28 heavy (non-hydrogen) atoms. The van der Waals surface area contributed by atoms with Crippen molar-refractivity contribution in [1.82, 2.24) is 9.80 Å². The molecular formula is C20H19ClFN3O3. The van der Waals surface area contributed by atoms with Gasteiger partial charge < -0.3 is 9.80 Å². The van der Waals surface area contributed by atoms with Crippen molar-refractivity contribution in [3.8, 4) is 0 Å². The minimum Gasteiger partial charge on any atom is -0.330 e. The maximum absolute atomic E-state index is 13.9. The van der Waals surface area contributed by atoms with Gasteiger partial charge in [0.2, 0.25) is 11.8 Å². The van der Waals surface area contributed by atoms with E-state index in [4.69, 9.17) is 11.6 Å². The fourth-order valence-corrected chi connectivity index (χ4v) is 3.08. The van der Waals surface area contributed by atoms with Gasteiger partial charge in [0, 0.05) is 17.3 Å². The lowest BCUT2D eigenvalue weighted by Gasteiger charge is -2.24. The molecule has 1 fully saturated rings. The third-order valence-corrected chi connectivity index (χ3v) is 4.78. The van der Waals surface area contributed by atoms with Gasteiger partial charge in [0.15, 0.2) is 0 Å². The smallest absolute Gasteiger partial charge is 0.257 e. The normalized spacial score (nSPS) is 13.8. The molecule has 1 saturated heterocycles. The van der Waals surface area contributed by atoms with Crippen LogP contribution in [0.5, 0.6) is 0 Å². The molecule has 0 spiro atoms. The molecule has 3 amide bonds. The monoisotopic (exact) mass is 403 g/mol. The summed E-state index contributed by atoms with van der Waals surface area (Å²) in [4.78, 5) is 41.6. The summed E-state index contributed by atoms with van der Waals surface area (Å²) in [7, 11) is 0. The van der Waals surface area contributed by atoms with Crippen molar-refractivity contribution < 1.29 is 18.8 Å². The maximum atomic E-state index is 13.9. The number of amides is 3. The quantitative estimate of drug-likeness (QED) is 0.771. The van der Waals surface area contributed by atoms with E-state index >= 15 is 0 Å². The lowest BCUT2D eigenvalue weighted by Crippen LogP contribution is -2.42. The van der Waals surface area contributed by atoms with Gasteiger partial charge in [-0.25, -0.2) is 4.39 Å². The third-order valence-electron chi connectivity index (χ3n) is 4.53. The number of rotatable bonds is 5. The van der Waals surface area contributed by atoms with Gasteiger partial charge in [-0.2, -0.15) is 0 Å². The summed E-state index contributed by atoms with van der Waals surface area (Å²) < 4.78 is 13.9. The van der Waals surface area contributed by atoms with Gasteiger partial charge in [-0.1, -0.05) is 23.7 Å². The first-order valence-corrected chi connectivity index (χ1v) is 9.16. The first-order valence-electron chi connectivity index (χ1n) is 8.78. The summed E-state index contributed by atoms with van der Waals surface area (Å²) >= 11 is 5.87. The number of hydrogen-bond acceptors (Lipinski definition) is 3. The van der Waals surface area contributed by atoms with E-state index < -0.39 is 11.7 Å².